The van der Waals surface area contributed by atoms with Crippen LogP contribution in [0.5, 0.6) is 0 Å². The quantitative estimate of drug-likeness (QED) is 0.247. The van der Waals surface area contributed by atoms with Gasteiger partial charge in [-0.1, -0.05) is 0 Å². The van der Waals surface area contributed by atoms with E-state index in [1.807, 2.05) is 0 Å². The summed E-state index contributed by atoms with van der Waals surface area (Å²) < 4.78 is 0. The van der Waals surface area contributed by atoms with E-state index in [1.54, 1.807) is 0 Å². The largest absolute Gasteiger partial charge is 0.153 e. The Balaban J connectivity index is 0. The van der Waals surface area contributed by atoms with E-state index in [4.69, 9.17) is 0 Å². The molecule has 3 unspecified atom stereocenters. The Bertz CT molecular complexity index is 6.90. The molecule has 0 saturated heterocycles. The van der Waals surface area contributed by atoms with Crippen LogP contribution < -0.4 is 0 Å². The van der Waals surface area contributed by atoms with Gasteiger partial charge in [0.1, 0.15) is 0 Å². The standard InChI is InChI=1S/3H3P.4Sn/h3*1H3;;;;. The van der Waals surface area contributed by atoms with Crippen molar-refractivity contribution in [3.8, 4) is 0 Å². The van der Waals surface area contributed by atoms with Crippen LogP contribution in [0.3, 0.4) is 0 Å². The van der Waals surface area contributed by atoms with Gasteiger partial charge in [-0.15, -0.1) is 0 Å². The van der Waals surface area contributed by atoms with Gasteiger partial charge in [-0.05, 0) is 0 Å². The summed E-state index contributed by atoms with van der Waals surface area (Å²) in [5.41, 5.74) is 0. The van der Waals surface area contributed by atoms with Gasteiger partial charge in [-0.2, -0.15) is 29.7 Å². The summed E-state index contributed by atoms with van der Waals surface area (Å²) >= 11 is 0. The predicted molar refractivity (Wildman–Crippen MR) is 56.3 cm³/mol. The Labute approximate surface area is 123 Å². The molecule has 7 heteroatoms. The number of hydrogen-bond donors (Lipinski definition) is 0. The molecule has 16 radical (unpaired) electrons. The third-order valence-electron chi connectivity index (χ3n) is 0. The van der Waals surface area contributed by atoms with Gasteiger partial charge in [-0.25, -0.2) is 0 Å². The molecule has 0 fully saturated rings. The van der Waals surface area contributed by atoms with Gasteiger partial charge < -0.3 is 0 Å². The zero-order valence-electron chi connectivity index (χ0n) is 4.12. The zero-order valence-corrected chi connectivity index (χ0v) is 19.8. The van der Waals surface area contributed by atoms with Crippen molar-refractivity contribution in [1.29, 1.82) is 0 Å². The Morgan fingerprint density at radius 1 is 0.286 bits per heavy atom. The second kappa shape index (κ2) is 46.9. The third kappa shape index (κ3) is 37.5. The van der Waals surface area contributed by atoms with Gasteiger partial charge in [0.15, 0.2) is 0 Å². The average Bonchev–Trinajstić information content (AvgIpc) is 0. The number of rotatable bonds is 0. The molecule has 0 N–H and O–H groups in total. The average molecular weight is 577 g/mol. The minimum atomic E-state index is 0. The van der Waals surface area contributed by atoms with Gasteiger partial charge in [-0.3, -0.25) is 0 Å². The molecular formula is H9P3Sn4. The molecule has 3 atom stereocenters. The van der Waals surface area contributed by atoms with Crippen LogP contribution >= 0.6 is 29.7 Å². The molecule has 0 aliphatic heterocycles. The van der Waals surface area contributed by atoms with Crippen LogP contribution in [-0.2, 0) is 0 Å². The number of hydrogen-bond acceptors (Lipinski definition) is 0. The normalized spacial score (nSPS) is 0. The molecule has 0 saturated carbocycles. The SMILES string of the molecule is P.P.P.[Sn].[Sn].[Sn].[Sn]. The van der Waals surface area contributed by atoms with E-state index in [9.17, 15) is 0 Å². The summed E-state index contributed by atoms with van der Waals surface area (Å²) in [5.74, 6) is 0. The van der Waals surface area contributed by atoms with Crippen molar-refractivity contribution in [3.63, 3.8) is 0 Å². The zero-order chi connectivity index (χ0) is 0. The fraction of sp³-hybridized carbons (Fsp3) is 0. The van der Waals surface area contributed by atoms with E-state index in [1.165, 1.54) is 0 Å². The monoisotopic (exact) mass is 582 g/mol. The van der Waals surface area contributed by atoms with E-state index in [0.717, 1.165) is 0 Å². The summed E-state index contributed by atoms with van der Waals surface area (Å²) in [5, 5.41) is 0. The van der Waals surface area contributed by atoms with Crippen LogP contribution in [0.15, 0.2) is 0 Å². The first-order chi connectivity index (χ1) is 0. The topological polar surface area (TPSA) is 0 Å². The first kappa shape index (κ1) is 62.8. The minimum absolute atomic E-state index is 0. The van der Waals surface area contributed by atoms with Crippen LogP contribution in [0.2, 0.25) is 0 Å². The summed E-state index contributed by atoms with van der Waals surface area (Å²) in [6, 6.07) is 0. The van der Waals surface area contributed by atoms with E-state index in [2.05, 4.69) is 0 Å². The fourth-order valence-electron chi connectivity index (χ4n) is 0. The molecule has 7 heavy (non-hydrogen) atoms. The molecular weight excluding hydrogens is 568 g/mol. The second-order valence-electron chi connectivity index (χ2n) is 0. The van der Waals surface area contributed by atoms with Crippen molar-refractivity contribution in [2.24, 2.45) is 0 Å². The van der Waals surface area contributed by atoms with Crippen molar-refractivity contribution in [2.75, 3.05) is 0 Å². The summed E-state index contributed by atoms with van der Waals surface area (Å²) in [6.45, 7) is 0. The van der Waals surface area contributed by atoms with Crippen LogP contribution in [0, 0.1) is 0 Å². The predicted octanol–water partition coefficient (Wildman–Crippen LogP) is -1.35. The van der Waals surface area contributed by atoms with E-state index < -0.39 is 0 Å². The maximum absolute atomic E-state index is 0. The Kier molecular flexibility index (Phi) is 421. The molecule has 0 rings (SSSR count). The first-order valence-corrected chi connectivity index (χ1v) is 0. The Hall–Kier alpha value is 4.48. The van der Waals surface area contributed by atoms with Gasteiger partial charge in [0.2, 0.25) is 0 Å². The second-order valence-corrected chi connectivity index (χ2v) is 0. The Morgan fingerprint density at radius 3 is 0.286 bits per heavy atom. The first-order valence-electron chi connectivity index (χ1n) is 0. The van der Waals surface area contributed by atoms with Crippen LogP contribution in [0.1, 0.15) is 0 Å². The smallest absolute Gasteiger partial charge is 0 e. The molecule has 0 aliphatic carbocycles. The molecule has 0 spiro atoms. The van der Waals surface area contributed by atoms with Crippen LogP contribution in [0.4, 0.5) is 0 Å². The molecule has 0 amide bonds. The van der Waals surface area contributed by atoms with Crippen molar-refractivity contribution < 1.29 is 0 Å². The van der Waals surface area contributed by atoms with Crippen LogP contribution in [0.25, 0.3) is 0 Å². The molecule has 40 valence electrons. The van der Waals surface area contributed by atoms with Crippen molar-refractivity contribution >= 4 is 125 Å². The Morgan fingerprint density at radius 2 is 0.286 bits per heavy atom. The maximum Gasteiger partial charge on any atom is 0 e. The van der Waals surface area contributed by atoms with Gasteiger partial charge in [0, 0.05) is 95.6 Å². The third-order valence-corrected chi connectivity index (χ3v) is 0. The molecule has 0 heterocycles. The molecule has 0 aromatic rings. The molecule has 0 nitrogen and oxygen atoms in total. The van der Waals surface area contributed by atoms with Crippen molar-refractivity contribution in [1.82, 2.24) is 0 Å². The van der Waals surface area contributed by atoms with Gasteiger partial charge in [0.25, 0.3) is 0 Å². The van der Waals surface area contributed by atoms with Gasteiger partial charge >= 0.3 is 0 Å². The van der Waals surface area contributed by atoms with Crippen molar-refractivity contribution in [3.05, 3.63) is 0 Å². The summed E-state index contributed by atoms with van der Waals surface area (Å²) in [6.07, 6.45) is 0. The molecule has 0 aromatic heterocycles. The summed E-state index contributed by atoms with van der Waals surface area (Å²) in [4.78, 5) is 0. The molecule has 0 aromatic carbocycles. The summed E-state index contributed by atoms with van der Waals surface area (Å²) in [7, 11) is 0. The fourth-order valence-corrected chi connectivity index (χ4v) is 0. The van der Waals surface area contributed by atoms with Gasteiger partial charge in [0.05, 0.1) is 0 Å². The van der Waals surface area contributed by atoms with Crippen molar-refractivity contribution in [2.45, 2.75) is 0 Å². The van der Waals surface area contributed by atoms with E-state index >= 15 is 0 Å². The van der Waals surface area contributed by atoms with Crippen LogP contribution in [-0.4, -0.2) is 95.6 Å². The maximum atomic E-state index is 0. The molecule has 0 aliphatic rings. The molecule has 0 bridgehead atoms. The minimum Gasteiger partial charge on any atom is -0.153 e. The van der Waals surface area contributed by atoms with E-state index in [-0.39, 0.29) is 125 Å². The van der Waals surface area contributed by atoms with E-state index in [0.29, 0.717) is 0 Å².